The van der Waals surface area contributed by atoms with Crippen LogP contribution >= 0.6 is 35.3 Å². The molecule has 0 aromatic carbocycles. The fraction of sp³-hybridized carbons (Fsp3) is 0.737. The van der Waals surface area contributed by atoms with E-state index in [1.165, 1.54) is 37.0 Å². The molecule has 0 unspecified atom stereocenters. The van der Waals surface area contributed by atoms with Gasteiger partial charge in [0, 0.05) is 30.9 Å². The Labute approximate surface area is 184 Å². The lowest BCUT2D eigenvalue weighted by molar-refractivity contribution is -0.122. The van der Waals surface area contributed by atoms with Crippen molar-refractivity contribution < 1.29 is 4.79 Å². The summed E-state index contributed by atoms with van der Waals surface area (Å²) in [5.74, 6) is 1.52. The van der Waals surface area contributed by atoms with Crippen LogP contribution in [-0.2, 0) is 11.3 Å². The summed E-state index contributed by atoms with van der Waals surface area (Å²) < 4.78 is 0. The number of nitrogens with zero attached hydrogens (tertiary/aromatic N) is 2. The molecular formula is C19H34IN5OS. The zero-order chi connectivity index (χ0) is 18.8. The molecule has 1 fully saturated rings. The lowest BCUT2D eigenvalue weighted by Crippen LogP contribution is -2.41. The molecule has 1 saturated carbocycles. The van der Waals surface area contributed by atoms with Crippen molar-refractivity contribution in [2.75, 3.05) is 19.6 Å². The van der Waals surface area contributed by atoms with Gasteiger partial charge in [0.2, 0.25) is 5.91 Å². The summed E-state index contributed by atoms with van der Waals surface area (Å²) >= 11 is 1.69. The molecule has 6 nitrogen and oxygen atoms in total. The van der Waals surface area contributed by atoms with Gasteiger partial charge in [0.15, 0.2) is 5.96 Å². The van der Waals surface area contributed by atoms with Gasteiger partial charge < -0.3 is 16.0 Å². The van der Waals surface area contributed by atoms with Crippen molar-refractivity contribution in [3.05, 3.63) is 15.6 Å². The maximum absolute atomic E-state index is 12.0. The monoisotopic (exact) mass is 507 g/mol. The van der Waals surface area contributed by atoms with E-state index in [9.17, 15) is 4.79 Å². The number of hydrogen-bond donors (Lipinski definition) is 3. The highest BCUT2D eigenvalue weighted by atomic mass is 127. The first-order valence-electron chi connectivity index (χ1n) is 9.80. The second kappa shape index (κ2) is 13.3. The molecule has 1 aliphatic rings. The molecule has 2 rings (SSSR count). The van der Waals surface area contributed by atoms with Gasteiger partial charge in [-0.15, -0.1) is 35.3 Å². The van der Waals surface area contributed by atoms with Crippen LogP contribution in [-0.4, -0.2) is 36.5 Å². The molecule has 8 heteroatoms. The van der Waals surface area contributed by atoms with Crippen LogP contribution in [0.2, 0.25) is 0 Å². The molecule has 0 spiro atoms. The smallest absolute Gasteiger partial charge is 0.220 e. The van der Waals surface area contributed by atoms with Gasteiger partial charge in [0.1, 0.15) is 5.01 Å². The molecule has 0 aliphatic heterocycles. The van der Waals surface area contributed by atoms with Crippen LogP contribution in [0.15, 0.2) is 4.99 Å². The number of thiazole rings is 1. The lowest BCUT2D eigenvalue weighted by atomic mass is 9.87. The average Bonchev–Trinajstić information content (AvgIpc) is 2.95. The molecule has 0 radical (unpaired) electrons. The number of hydrogen-bond acceptors (Lipinski definition) is 4. The summed E-state index contributed by atoms with van der Waals surface area (Å²) in [5, 5.41) is 10.5. The zero-order valence-corrected chi connectivity index (χ0v) is 19.9. The average molecular weight is 507 g/mol. The van der Waals surface area contributed by atoms with Gasteiger partial charge in [-0.1, -0.05) is 19.3 Å². The number of guanidine groups is 1. The van der Waals surface area contributed by atoms with E-state index in [4.69, 9.17) is 0 Å². The summed E-state index contributed by atoms with van der Waals surface area (Å²) in [5.41, 5.74) is 1.08. The number of nitrogens with one attached hydrogen (secondary N) is 3. The highest BCUT2D eigenvalue weighted by molar-refractivity contribution is 14.0. The Kier molecular flexibility index (Phi) is 11.9. The number of aryl methyl sites for hydroxylation is 2. The van der Waals surface area contributed by atoms with Crippen LogP contribution in [0.1, 0.15) is 61.0 Å². The van der Waals surface area contributed by atoms with E-state index in [-0.39, 0.29) is 29.9 Å². The second-order valence-electron chi connectivity index (χ2n) is 6.93. The lowest BCUT2D eigenvalue weighted by Gasteiger charge is -2.20. The third kappa shape index (κ3) is 9.23. The Bertz CT molecular complexity index is 579. The first-order valence-corrected chi connectivity index (χ1v) is 10.6. The maximum Gasteiger partial charge on any atom is 0.220 e. The number of carbonyl (C=O) groups is 1. The summed E-state index contributed by atoms with van der Waals surface area (Å²) in [6.45, 7) is 8.81. The molecule has 1 heterocycles. The standard InChI is InChI=1S/C19H33N5OS.HI/c1-4-20-19(23-13-18-24-14(2)15(3)26-18)22-11-10-21-17(25)12-16-8-6-5-7-9-16;/h16H,4-13H2,1-3H3,(H,21,25)(H2,20,22,23);1H. The van der Waals surface area contributed by atoms with Crippen molar-refractivity contribution in [3.63, 3.8) is 0 Å². The van der Waals surface area contributed by atoms with Crippen LogP contribution in [0, 0.1) is 19.8 Å². The molecule has 1 aromatic rings. The Morgan fingerprint density at radius 3 is 2.48 bits per heavy atom. The minimum absolute atomic E-state index is 0. The van der Waals surface area contributed by atoms with Gasteiger partial charge in [-0.05, 0) is 39.5 Å². The molecule has 1 amide bonds. The van der Waals surface area contributed by atoms with Crippen LogP contribution < -0.4 is 16.0 Å². The zero-order valence-electron chi connectivity index (χ0n) is 16.8. The van der Waals surface area contributed by atoms with E-state index in [1.807, 2.05) is 13.8 Å². The van der Waals surface area contributed by atoms with Gasteiger partial charge in [-0.3, -0.25) is 4.79 Å². The highest BCUT2D eigenvalue weighted by Crippen LogP contribution is 2.25. The Balaban J connectivity index is 0.00000364. The van der Waals surface area contributed by atoms with Crippen molar-refractivity contribution in [3.8, 4) is 0 Å². The van der Waals surface area contributed by atoms with Crippen LogP contribution in [0.25, 0.3) is 0 Å². The molecule has 0 bridgehead atoms. The number of aliphatic imine (C=N–C) groups is 1. The Morgan fingerprint density at radius 2 is 1.85 bits per heavy atom. The minimum atomic E-state index is 0. The quantitative estimate of drug-likeness (QED) is 0.218. The number of rotatable bonds is 8. The van der Waals surface area contributed by atoms with Crippen molar-refractivity contribution in [1.82, 2.24) is 20.9 Å². The van der Waals surface area contributed by atoms with Crippen LogP contribution in [0.4, 0.5) is 0 Å². The predicted octanol–water partition coefficient (Wildman–Crippen LogP) is 3.52. The van der Waals surface area contributed by atoms with Gasteiger partial charge in [0.25, 0.3) is 0 Å². The minimum Gasteiger partial charge on any atom is -0.357 e. The summed E-state index contributed by atoms with van der Waals surface area (Å²) in [4.78, 5) is 22.4. The van der Waals surface area contributed by atoms with Gasteiger partial charge in [-0.2, -0.15) is 0 Å². The third-order valence-corrected chi connectivity index (χ3v) is 5.79. The third-order valence-electron chi connectivity index (χ3n) is 4.73. The Morgan fingerprint density at radius 1 is 1.15 bits per heavy atom. The van der Waals surface area contributed by atoms with Crippen molar-refractivity contribution in [1.29, 1.82) is 0 Å². The summed E-state index contributed by atoms with van der Waals surface area (Å²) in [6, 6.07) is 0. The van der Waals surface area contributed by atoms with Gasteiger partial charge in [0.05, 0.1) is 12.2 Å². The number of amides is 1. The molecule has 1 aromatic heterocycles. The molecule has 1 aliphatic carbocycles. The second-order valence-corrected chi connectivity index (χ2v) is 8.22. The Hall–Kier alpha value is -0.900. The molecular weight excluding hydrogens is 473 g/mol. The fourth-order valence-electron chi connectivity index (χ4n) is 3.20. The van der Waals surface area contributed by atoms with Crippen molar-refractivity contribution in [2.24, 2.45) is 10.9 Å². The topological polar surface area (TPSA) is 78.4 Å². The van der Waals surface area contributed by atoms with Crippen LogP contribution in [0.3, 0.4) is 0 Å². The first kappa shape index (κ1) is 24.1. The number of halogens is 1. The molecule has 3 N–H and O–H groups in total. The van der Waals surface area contributed by atoms with Gasteiger partial charge >= 0.3 is 0 Å². The summed E-state index contributed by atoms with van der Waals surface area (Å²) in [6.07, 6.45) is 6.98. The first-order chi connectivity index (χ1) is 12.6. The summed E-state index contributed by atoms with van der Waals surface area (Å²) in [7, 11) is 0. The predicted molar refractivity (Wildman–Crippen MR) is 124 cm³/mol. The van der Waals surface area contributed by atoms with E-state index in [2.05, 4.69) is 32.9 Å². The van der Waals surface area contributed by atoms with E-state index in [0.29, 0.717) is 32.0 Å². The van der Waals surface area contributed by atoms with E-state index in [0.717, 1.165) is 23.2 Å². The largest absolute Gasteiger partial charge is 0.357 e. The highest BCUT2D eigenvalue weighted by Gasteiger charge is 2.16. The molecule has 154 valence electrons. The molecule has 0 atom stereocenters. The molecule has 27 heavy (non-hydrogen) atoms. The van der Waals surface area contributed by atoms with Crippen LogP contribution in [0.5, 0.6) is 0 Å². The SMILES string of the molecule is CCNC(=NCc1nc(C)c(C)s1)NCCNC(=O)CC1CCCCC1.I. The van der Waals surface area contributed by atoms with E-state index in [1.54, 1.807) is 11.3 Å². The fourth-order valence-corrected chi connectivity index (χ4v) is 4.06. The van der Waals surface area contributed by atoms with E-state index < -0.39 is 0 Å². The molecule has 0 saturated heterocycles. The number of carbonyl (C=O) groups excluding carboxylic acids is 1. The number of aromatic nitrogens is 1. The van der Waals surface area contributed by atoms with Crippen molar-refractivity contribution >= 4 is 47.2 Å². The van der Waals surface area contributed by atoms with Crippen molar-refractivity contribution in [2.45, 2.75) is 65.8 Å². The van der Waals surface area contributed by atoms with E-state index >= 15 is 0 Å². The maximum atomic E-state index is 12.0. The normalized spacial score (nSPS) is 15.1. The van der Waals surface area contributed by atoms with Gasteiger partial charge in [-0.25, -0.2) is 9.98 Å².